The molecular weight excluding hydrogens is 465 g/mol. The molecular formula is C20H19Cl2N3O5S. The Morgan fingerprint density at radius 3 is 2.29 bits per heavy atom. The molecule has 0 aromatic heterocycles. The number of sulfonamides is 1. The second-order valence-electron chi connectivity index (χ2n) is 6.83. The number of nitrogens with zero attached hydrogens (tertiary/aromatic N) is 2. The highest BCUT2D eigenvalue weighted by Gasteiger charge is 2.43. The van der Waals surface area contributed by atoms with Gasteiger partial charge in [0.2, 0.25) is 11.8 Å². The van der Waals surface area contributed by atoms with Gasteiger partial charge in [-0.1, -0.05) is 41.4 Å². The fourth-order valence-corrected chi connectivity index (χ4v) is 5.28. The van der Waals surface area contributed by atoms with Gasteiger partial charge in [-0.05, 0) is 31.2 Å². The van der Waals surface area contributed by atoms with Gasteiger partial charge < -0.3 is 10.2 Å². The van der Waals surface area contributed by atoms with Crippen LogP contribution in [0, 0.1) is 0 Å². The first-order valence-electron chi connectivity index (χ1n) is 9.19. The minimum atomic E-state index is -4.18. The average Bonchev–Trinajstić information content (AvgIpc) is 2.93. The van der Waals surface area contributed by atoms with Gasteiger partial charge in [0.1, 0.15) is 17.5 Å². The van der Waals surface area contributed by atoms with E-state index in [1.807, 2.05) is 0 Å². The van der Waals surface area contributed by atoms with E-state index < -0.39 is 40.3 Å². The lowest BCUT2D eigenvalue weighted by molar-refractivity contribution is -0.140. The fraction of sp³-hybridized carbons (Fsp3) is 0.250. The summed E-state index contributed by atoms with van der Waals surface area (Å²) in [5.74, 6) is -2.03. The SMILES string of the molecule is CNC(=O)[C@@H](C)N(Cc1c(Cl)cccc1Cl)C(=O)CN1C(=O)c2ccccc2S1(=O)=O. The molecule has 0 bridgehead atoms. The number of benzene rings is 2. The third-order valence-electron chi connectivity index (χ3n) is 4.99. The maximum absolute atomic E-state index is 13.2. The van der Waals surface area contributed by atoms with Crippen molar-refractivity contribution in [3.8, 4) is 0 Å². The second-order valence-corrected chi connectivity index (χ2v) is 9.47. The van der Waals surface area contributed by atoms with Gasteiger partial charge in [-0.15, -0.1) is 0 Å². The van der Waals surface area contributed by atoms with Crippen molar-refractivity contribution in [1.29, 1.82) is 0 Å². The summed E-state index contributed by atoms with van der Waals surface area (Å²) in [7, 11) is -2.77. The largest absolute Gasteiger partial charge is 0.357 e. The average molecular weight is 484 g/mol. The molecule has 0 saturated carbocycles. The molecule has 3 amide bonds. The summed E-state index contributed by atoms with van der Waals surface area (Å²) in [5, 5.41) is 3.02. The van der Waals surface area contributed by atoms with E-state index in [0.29, 0.717) is 9.87 Å². The number of carbonyl (C=O) groups excluding carboxylic acids is 3. The monoisotopic (exact) mass is 483 g/mol. The number of fused-ring (bicyclic) bond motifs is 1. The quantitative estimate of drug-likeness (QED) is 0.678. The Morgan fingerprint density at radius 2 is 1.71 bits per heavy atom. The van der Waals surface area contributed by atoms with Crippen molar-refractivity contribution in [2.75, 3.05) is 13.6 Å². The van der Waals surface area contributed by atoms with Crippen molar-refractivity contribution in [1.82, 2.24) is 14.5 Å². The van der Waals surface area contributed by atoms with Crippen LogP contribution in [0.5, 0.6) is 0 Å². The maximum atomic E-state index is 13.2. The normalized spacial score (nSPS) is 15.4. The van der Waals surface area contributed by atoms with Crippen molar-refractivity contribution in [2.45, 2.75) is 24.4 Å². The zero-order chi connectivity index (χ0) is 22.9. The highest BCUT2D eigenvalue weighted by molar-refractivity contribution is 7.90. The van der Waals surface area contributed by atoms with Crippen molar-refractivity contribution < 1.29 is 22.8 Å². The van der Waals surface area contributed by atoms with E-state index in [-0.39, 0.29) is 27.0 Å². The molecule has 0 aliphatic carbocycles. The van der Waals surface area contributed by atoms with Gasteiger partial charge >= 0.3 is 0 Å². The van der Waals surface area contributed by atoms with Crippen LogP contribution in [-0.2, 0) is 26.2 Å². The number of carbonyl (C=O) groups is 3. The Balaban J connectivity index is 1.94. The topological polar surface area (TPSA) is 104 Å². The number of amides is 3. The molecule has 0 spiro atoms. The number of nitrogens with one attached hydrogen (secondary N) is 1. The Morgan fingerprint density at radius 1 is 1.10 bits per heavy atom. The van der Waals surface area contributed by atoms with Crippen molar-refractivity contribution in [3.63, 3.8) is 0 Å². The van der Waals surface area contributed by atoms with E-state index in [4.69, 9.17) is 23.2 Å². The molecule has 0 radical (unpaired) electrons. The summed E-state index contributed by atoms with van der Waals surface area (Å²) < 4.78 is 26.1. The van der Waals surface area contributed by atoms with Gasteiger partial charge in [0, 0.05) is 29.2 Å². The zero-order valence-corrected chi connectivity index (χ0v) is 19.0. The minimum absolute atomic E-state index is 0.00431. The molecule has 2 aromatic rings. The summed E-state index contributed by atoms with van der Waals surface area (Å²) in [4.78, 5) is 39.1. The van der Waals surface area contributed by atoms with E-state index >= 15 is 0 Å². The molecule has 3 rings (SSSR count). The number of rotatable bonds is 6. The molecule has 1 aliphatic heterocycles. The van der Waals surface area contributed by atoms with Crippen LogP contribution in [0.4, 0.5) is 0 Å². The third-order valence-corrected chi connectivity index (χ3v) is 7.49. The Hall–Kier alpha value is -2.62. The van der Waals surface area contributed by atoms with Crippen LogP contribution in [0.1, 0.15) is 22.8 Å². The molecule has 2 aromatic carbocycles. The van der Waals surface area contributed by atoms with Gasteiger partial charge in [0.05, 0.1) is 5.56 Å². The molecule has 0 saturated heterocycles. The van der Waals surface area contributed by atoms with E-state index in [1.165, 1.54) is 38.2 Å². The molecule has 1 N–H and O–H groups in total. The van der Waals surface area contributed by atoms with Crippen LogP contribution in [-0.4, -0.2) is 55.0 Å². The lowest BCUT2D eigenvalue weighted by atomic mass is 10.1. The molecule has 31 heavy (non-hydrogen) atoms. The summed E-state index contributed by atoms with van der Waals surface area (Å²) in [6, 6.07) is 9.55. The standard InChI is InChI=1S/C20H19Cl2N3O5S/c1-12(19(27)23-2)24(10-14-15(21)7-5-8-16(14)22)18(26)11-25-20(28)13-6-3-4-9-17(13)31(25,29)30/h3-9,12H,10-11H2,1-2H3,(H,23,27)/t12-/m1/s1. The maximum Gasteiger partial charge on any atom is 0.269 e. The molecule has 164 valence electrons. The van der Waals surface area contributed by atoms with Crippen LogP contribution in [0.2, 0.25) is 10.0 Å². The summed E-state index contributed by atoms with van der Waals surface area (Å²) in [6.45, 7) is 0.566. The van der Waals surface area contributed by atoms with Gasteiger partial charge in [0.15, 0.2) is 0 Å². The first kappa shape index (κ1) is 23.1. The molecule has 8 nitrogen and oxygen atoms in total. The zero-order valence-electron chi connectivity index (χ0n) is 16.6. The summed E-state index contributed by atoms with van der Waals surface area (Å²) in [6.07, 6.45) is 0. The van der Waals surface area contributed by atoms with Crippen molar-refractivity contribution in [3.05, 3.63) is 63.6 Å². The molecule has 11 heteroatoms. The highest BCUT2D eigenvalue weighted by atomic mass is 35.5. The van der Waals surface area contributed by atoms with E-state index in [2.05, 4.69) is 5.32 Å². The van der Waals surface area contributed by atoms with Gasteiger partial charge in [-0.3, -0.25) is 14.4 Å². The lowest BCUT2D eigenvalue weighted by Crippen LogP contribution is -2.50. The number of hydrogen-bond donors (Lipinski definition) is 1. The number of halogens is 2. The minimum Gasteiger partial charge on any atom is -0.357 e. The summed E-state index contributed by atoms with van der Waals surface area (Å²) >= 11 is 12.4. The smallest absolute Gasteiger partial charge is 0.269 e. The van der Waals surface area contributed by atoms with E-state index in [1.54, 1.807) is 18.2 Å². The van der Waals surface area contributed by atoms with Crippen LogP contribution in [0.25, 0.3) is 0 Å². The second kappa shape index (κ2) is 8.86. The van der Waals surface area contributed by atoms with E-state index in [9.17, 15) is 22.8 Å². The highest BCUT2D eigenvalue weighted by Crippen LogP contribution is 2.31. The first-order valence-corrected chi connectivity index (χ1v) is 11.4. The lowest BCUT2D eigenvalue weighted by Gasteiger charge is -2.30. The van der Waals surface area contributed by atoms with Crippen LogP contribution >= 0.6 is 23.2 Å². The molecule has 1 heterocycles. The van der Waals surface area contributed by atoms with Crippen LogP contribution in [0.3, 0.4) is 0 Å². The van der Waals surface area contributed by atoms with Crippen molar-refractivity contribution >= 4 is 50.9 Å². The third kappa shape index (κ3) is 4.26. The number of likely N-dealkylation sites (N-methyl/N-ethyl adjacent to an activating group) is 1. The van der Waals surface area contributed by atoms with Gasteiger partial charge in [-0.25, -0.2) is 12.7 Å². The predicted octanol–water partition coefficient (Wildman–Crippen LogP) is 2.30. The Kier molecular flexibility index (Phi) is 6.59. The summed E-state index contributed by atoms with van der Waals surface area (Å²) in [5.41, 5.74) is 0.393. The van der Waals surface area contributed by atoms with Crippen molar-refractivity contribution in [2.24, 2.45) is 0 Å². The fourth-order valence-electron chi connectivity index (χ4n) is 3.25. The molecule has 0 fully saturated rings. The van der Waals surface area contributed by atoms with E-state index in [0.717, 1.165) is 4.90 Å². The predicted molar refractivity (Wildman–Crippen MR) is 115 cm³/mol. The molecule has 1 atom stereocenters. The van der Waals surface area contributed by atoms with Gasteiger partial charge in [-0.2, -0.15) is 0 Å². The van der Waals surface area contributed by atoms with Crippen LogP contribution < -0.4 is 5.32 Å². The van der Waals surface area contributed by atoms with Crippen LogP contribution in [0.15, 0.2) is 47.4 Å². The van der Waals surface area contributed by atoms with Gasteiger partial charge in [0.25, 0.3) is 15.9 Å². The number of hydrogen-bond acceptors (Lipinski definition) is 5. The molecule has 0 unspecified atom stereocenters. The Labute approximate surface area is 189 Å². The molecule has 1 aliphatic rings. The Bertz CT molecular complexity index is 1150. The first-order chi connectivity index (χ1) is 14.6.